The molecule has 0 saturated carbocycles. The van der Waals surface area contributed by atoms with Crippen molar-refractivity contribution in [3.05, 3.63) is 51.3 Å². The Balaban J connectivity index is 1.96. The highest BCUT2D eigenvalue weighted by atomic mass is 32.1. The van der Waals surface area contributed by atoms with Crippen molar-refractivity contribution in [1.82, 2.24) is 14.5 Å². The second kappa shape index (κ2) is 4.99. The first kappa shape index (κ1) is 12.1. The fraction of sp³-hybridized carbons (Fsp3) is 0.231. The van der Waals surface area contributed by atoms with Gasteiger partial charge in [0.1, 0.15) is 11.6 Å². The van der Waals surface area contributed by atoms with E-state index in [0.29, 0.717) is 17.6 Å². The predicted molar refractivity (Wildman–Crippen MR) is 74.4 cm³/mol. The van der Waals surface area contributed by atoms with Crippen LogP contribution in [0, 0.1) is 0 Å². The summed E-state index contributed by atoms with van der Waals surface area (Å²) in [5.74, 6) is 0. The molecule has 1 N–H and O–H groups in total. The van der Waals surface area contributed by atoms with Crippen LogP contribution in [0.5, 0.6) is 0 Å². The molecule has 0 fully saturated rings. The molecule has 0 bridgehead atoms. The number of nitrogens with one attached hydrogen (secondary N) is 1. The molecule has 98 valence electrons. The molecule has 0 radical (unpaired) electrons. The summed E-state index contributed by atoms with van der Waals surface area (Å²) in [6, 6.07) is 5.76. The van der Waals surface area contributed by atoms with E-state index in [4.69, 9.17) is 4.74 Å². The molecular weight excluding hydrogens is 262 g/mol. The van der Waals surface area contributed by atoms with Crippen molar-refractivity contribution in [1.29, 1.82) is 0 Å². The monoisotopic (exact) mass is 275 g/mol. The van der Waals surface area contributed by atoms with Gasteiger partial charge < -0.3 is 9.72 Å². The zero-order chi connectivity index (χ0) is 13.2. The standard InChI is InChI=1S/C13H13N3O2S/c1-18-10(11-3-2-6-19-11)7-16-8-15-9-4-5-14-12(9)13(16)17/h2-6,8,10,14H,7H2,1H3. The SMILES string of the molecule is COC(Cn1cnc2cc[nH]c2c1=O)c1cccs1. The number of aromatic amines is 1. The molecule has 3 aromatic rings. The Bertz CT molecular complexity index is 730. The highest BCUT2D eigenvalue weighted by Crippen LogP contribution is 2.23. The number of methoxy groups -OCH3 is 1. The molecule has 0 amide bonds. The number of ether oxygens (including phenoxy) is 1. The lowest BCUT2D eigenvalue weighted by Gasteiger charge is -2.14. The van der Waals surface area contributed by atoms with E-state index in [1.54, 1.807) is 41.6 Å². The fourth-order valence-corrected chi connectivity index (χ4v) is 2.83. The van der Waals surface area contributed by atoms with Crippen LogP contribution in [0.15, 0.2) is 40.9 Å². The summed E-state index contributed by atoms with van der Waals surface area (Å²) in [6.45, 7) is 0.456. The van der Waals surface area contributed by atoms with Gasteiger partial charge in [0.05, 0.1) is 18.4 Å². The van der Waals surface area contributed by atoms with Crippen LogP contribution in [0.3, 0.4) is 0 Å². The second-order valence-corrected chi connectivity index (χ2v) is 5.16. The van der Waals surface area contributed by atoms with Crippen molar-refractivity contribution >= 4 is 22.4 Å². The average Bonchev–Trinajstić information content (AvgIpc) is 3.09. The summed E-state index contributed by atoms with van der Waals surface area (Å²) in [5, 5.41) is 2.00. The fourth-order valence-electron chi connectivity index (χ4n) is 2.03. The molecule has 1 unspecified atom stereocenters. The van der Waals surface area contributed by atoms with Gasteiger partial charge in [-0.2, -0.15) is 0 Å². The van der Waals surface area contributed by atoms with Crippen molar-refractivity contribution in [2.24, 2.45) is 0 Å². The molecule has 5 nitrogen and oxygen atoms in total. The van der Waals surface area contributed by atoms with Gasteiger partial charge in [-0.15, -0.1) is 11.3 Å². The van der Waals surface area contributed by atoms with E-state index in [2.05, 4.69) is 9.97 Å². The predicted octanol–water partition coefficient (Wildman–Crippen LogP) is 2.17. The zero-order valence-electron chi connectivity index (χ0n) is 10.4. The van der Waals surface area contributed by atoms with Gasteiger partial charge in [-0.1, -0.05) is 6.07 Å². The van der Waals surface area contributed by atoms with Crippen LogP contribution in [-0.4, -0.2) is 21.6 Å². The van der Waals surface area contributed by atoms with Crippen molar-refractivity contribution < 1.29 is 4.74 Å². The van der Waals surface area contributed by atoms with Crippen LogP contribution in [0.2, 0.25) is 0 Å². The van der Waals surface area contributed by atoms with Crippen molar-refractivity contribution in [2.75, 3.05) is 7.11 Å². The molecule has 19 heavy (non-hydrogen) atoms. The van der Waals surface area contributed by atoms with Crippen LogP contribution in [0.4, 0.5) is 0 Å². The third-order valence-electron chi connectivity index (χ3n) is 3.04. The van der Waals surface area contributed by atoms with E-state index < -0.39 is 0 Å². The van der Waals surface area contributed by atoms with Gasteiger partial charge in [-0.3, -0.25) is 9.36 Å². The van der Waals surface area contributed by atoms with E-state index in [1.165, 1.54) is 0 Å². The normalized spacial score (nSPS) is 12.9. The van der Waals surface area contributed by atoms with Crippen LogP contribution in [0.1, 0.15) is 11.0 Å². The Kier molecular flexibility index (Phi) is 3.18. The molecule has 3 heterocycles. The lowest BCUT2D eigenvalue weighted by atomic mass is 10.3. The van der Waals surface area contributed by atoms with E-state index in [0.717, 1.165) is 4.88 Å². The lowest BCUT2D eigenvalue weighted by molar-refractivity contribution is 0.0897. The molecule has 0 aromatic carbocycles. The van der Waals surface area contributed by atoms with Crippen LogP contribution in [-0.2, 0) is 11.3 Å². The maximum atomic E-state index is 12.3. The number of nitrogens with zero attached hydrogens (tertiary/aromatic N) is 2. The van der Waals surface area contributed by atoms with Crippen molar-refractivity contribution in [3.63, 3.8) is 0 Å². The number of aromatic nitrogens is 3. The maximum Gasteiger partial charge on any atom is 0.277 e. The summed E-state index contributed by atoms with van der Waals surface area (Å²) in [5.41, 5.74) is 1.14. The Labute approximate surface area is 113 Å². The van der Waals surface area contributed by atoms with Crippen LogP contribution in [0.25, 0.3) is 11.0 Å². The van der Waals surface area contributed by atoms with Crippen molar-refractivity contribution in [3.8, 4) is 0 Å². The number of fused-ring (bicyclic) bond motifs is 1. The second-order valence-electron chi connectivity index (χ2n) is 4.18. The van der Waals surface area contributed by atoms with Crippen molar-refractivity contribution in [2.45, 2.75) is 12.6 Å². The van der Waals surface area contributed by atoms with Gasteiger partial charge in [0, 0.05) is 18.2 Å². The summed E-state index contributed by atoms with van der Waals surface area (Å²) in [4.78, 5) is 20.5. The molecule has 1 atom stereocenters. The Morgan fingerprint density at radius 2 is 2.42 bits per heavy atom. The number of hydrogen-bond acceptors (Lipinski definition) is 4. The minimum absolute atomic E-state index is 0.0754. The number of H-pyrrole nitrogens is 1. The van der Waals surface area contributed by atoms with Crippen LogP contribution >= 0.6 is 11.3 Å². The third kappa shape index (κ3) is 2.20. The molecule has 0 saturated heterocycles. The molecule has 0 aliphatic heterocycles. The topological polar surface area (TPSA) is 59.9 Å². The minimum atomic E-state index is -0.132. The van der Waals surface area contributed by atoms with E-state index in [1.807, 2.05) is 17.5 Å². The molecule has 0 aliphatic carbocycles. The Morgan fingerprint density at radius 1 is 1.53 bits per heavy atom. The first-order chi connectivity index (χ1) is 9.29. The first-order valence-corrected chi connectivity index (χ1v) is 6.76. The molecule has 0 spiro atoms. The summed E-state index contributed by atoms with van der Waals surface area (Å²) in [7, 11) is 1.65. The van der Waals surface area contributed by atoms with Gasteiger partial charge in [-0.05, 0) is 17.5 Å². The van der Waals surface area contributed by atoms with Gasteiger partial charge in [0.25, 0.3) is 5.56 Å². The highest BCUT2D eigenvalue weighted by molar-refractivity contribution is 7.10. The van der Waals surface area contributed by atoms with E-state index in [-0.39, 0.29) is 11.7 Å². The average molecular weight is 275 g/mol. The quantitative estimate of drug-likeness (QED) is 0.794. The minimum Gasteiger partial charge on any atom is -0.374 e. The highest BCUT2D eigenvalue weighted by Gasteiger charge is 2.14. The zero-order valence-corrected chi connectivity index (χ0v) is 11.2. The number of hydrogen-bond donors (Lipinski definition) is 1. The largest absolute Gasteiger partial charge is 0.374 e. The molecule has 0 aliphatic rings. The van der Waals surface area contributed by atoms with Gasteiger partial charge in [0.15, 0.2) is 0 Å². The molecule has 6 heteroatoms. The van der Waals surface area contributed by atoms with E-state index >= 15 is 0 Å². The summed E-state index contributed by atoms with van der Waals surface area (Å²) in [6.07, 6.45) is 3.15. The molecular formula is C13H13N3O2S. The van der Waals surface area contributed by atoms with Gasteiger partial charge in [-0.25, -0.2) is 4.98 Å². The lowest BCUT2D eigenvalue weighted by Crippen LogP contribution is -2.24. The third-order valence-corrected chi connectivity index (χ3v) is 4.01. The smallest absolute Gasteiger partial charge is 0.277 e. The Hall–Kier alpha value is -1.92. The Morgan fingerprint density at radius 3 is 3.16 bits per heavy atom. The van der Waals surface area contributed by atoms with E-state index in [9.17, 15) is 4.79 Å². The molecule has 3 aromatic heterocycles. The summed E-state index contributed by atoms with van der Waals surface area (Å²) >= 11 is 1.62. The summed E-state index contributed by atoms with van der Waals surface area (Å²) < 4.78 is 7.04. The van der Waals surface area contributed by atoms with Gasteiger partial charge >= 0.3 is 0 Å². The first-order valence-electron chi connectivity index (χ1n) is 5.88. The van der Waals surface area contributed by atoms with Crippen LogP contribution < -0.4 is 5.56 Å². The van der Waals surface area contributed by atoms with Gasteiger partial charge in [0.2, 0.25) is 0 Å². The number of thiophene rings is 1. The maximum absolute atomic E-state index is 12.3. The molecule has 3 rings (SSSR count). The number of rotatable bonds is 4.